The molecule has 0 spiro atoms. The third-order valence-electron chi connectivity index (χ3n) is 3.78. The van der Waals surface area contributed by atoms with E-state index in [1.807, 2.05) is 36.4 Å². The topological polar surface area (TPSA) is 27.7 Å². The van der Waals surface area contributed by atoms with Crippen LogP contribution in [0.2, 0.25) is 0 Å². The average Bonchev–Trinajstić information content (AvgIpc) is 3.24. The zero-order valence-corrected chi connectivity index (χ0v) is 11.8. The lowest BCUT2D eigenvalue weighted by atomic mass is 10.1. The molecule has 0 radical (unpaired) electrons. The lowest BCUT2D eigenvalue weighted by molar-refractivity contribution is 0.355. The lowest BCUT2D eigenvalue weighted by Gasteiger charge is -2.08. The number of ether oxygens (including phenoxy) is 3. The second-order valence-corrected chi connectivity index (χ2v) is 4.97. The molecular formula is C18H14O3. The van der Waals surface area contributed by atoms with Crippen molar-refractivity contribution in [3.8, 4) is 17.2 Å². The normalized spacial score (nSPS) is 14.7. The monoisotopic (exact) mass is 278 g/mol. The van der Waals surface area contributed by atoms with Crippen LogP contribution in [0.1, 0.15) is 11.1 Å². The van der Waals surface area contributed by atoms with Gasteiger partial charge in [-0.05, 0) is 29.8 Å². The molecule has 3 heteroatoms. The van der Waals surface area contributed by atoms with Crippen LogP contribution in [0.25, 0.3) is 11.6 Å². The molecule has 0 saturated carbocycles. The summed E-state index contributed by atoms with van der Waals surface area (Å²) >= 11 is 0. The molecule has 104 valence electrons. The maximum absolute atomic E-state index is 5.94. The average molecular weight is 278 g/mol. The molecule has 0 amide bonds. The fourth-order valence-corrected chi connectivity index (χ4v) is 2.66. The third-order valence-corrected chi connectivity index (χ3v) is 3.78. The van der Waals surface area contributed by atoms with Crippen LogP contribution in [-0.4, -0.2) is 14.2 Å². The molecule has 0 bridgehead atoms. The van der Waals surface area contributed by atoms with Gasteiger partial charge in [-0.25, -0.2) is 0 Å². The summed E-state index contributed by atoms with van der Waals surface area (Å²) in [4.78, 5) is 0. The number of fused-ring (bicyclic) bond motifs is 2. The highest BCUT2D eigenvalue weighted by Gasteiger charge is 2.37. The fourth-order valence-electron chi connectivity index (χ4n) is 2.66. The van der Waals surface area contributed by atoms with Gasteiger partial charge >= 0.3 is 0 Å². The van der Waals surface area contributed by atoms with Crippen molar-refractivity contribution in [3.05, 3.63) is 64.9 Å². The molecule has 1 aliphatic carbocycles. The predicted molar refractivity (Wildman–Crippen MR) is 81.5 cm³/mol. The van der Waals surface area contributed by atoms with Crippen LogP contribution >= 0.6 is 0 Å². The number of para-hydroxylation sites is 1. The minimum absolute atomic E-state index is 0.727. The van der Waals surface area contributed by atoms with E-state index in [0.29, 0.717) is 0 Å². The van der Waals surface area contributed by atoms with E-state index in [-0.39, 0.29) is 0 Å². The maximum atomic E-state index is 5.94. The van der Waals surface area contributed by atoms with Gasteiger partial charge < -0.3 is 14.2 Å². The summed E-state index contributed by atoms with van der Waals surface area (Å²) in [7, 11) is 3.28. The summed E-state index contributed by atoms with van der Waals surface area (Å²) < 4.78 is 16.6. The number of allylic oxidation sites excluding steroid dienone is 2. The molecule has 1 heterocycles. The molecule has 4 rings (SSSR count). The summed E-state index contributed by atoms with van der Waals surface area (Å²) in [6.45, 7) is 0. The molecule has 0 aromatic heterocycles. The molecule has 3 nitrogen and oxygen atoms in total. The van der Waals surface area contributed by atoms with Gasteiger partial charge in [-0.1, -0.05) is 24.3 Å². The first kappa shape index (κ1) is 12.1. The molecule has 1 aliphatic heterocycles. The van der Waals surface area contributed by atoms with E-state index in [9.17, 15) is 0 Å². The summed E-state index contributed by atoms with van der Waals surface area (Å²) in [5, 5.41) is 0. The Morgan fingerprint density at radius 1 is 0.905 bits per heavy atom. The van der Waals surface area contributed by atoms with Gasteiger partial charge in [0.1, 0.15) is 11.5 Å². The van der Waals surface area contributed by atoms with E-state index in [2.05, 4.69) is 12.1 Å². The number of rotatable bonds is 3. The van der Waals surface area contributed by atoms with Gasteiger partial charge in [0.25, 0.3) is 0 Å². The zero-order valence-electron chi connectivity index (χ0n) is 11.8. The van der Waals surface area contributed by atoms with Gasteiger partial charge in [0.05, 0.1) is 14.2 Å². The van der Waals surface area contributed by atoms with E-state index in [0.717, 1.165) is 39.7 Å². The van der Waals surface area contributed by atoms with Crippen molar-refractivity contribution in [3.63, 3.8) is 0 Å². The first-order valence-electron chi connectivity index (χ1n) is 6.78. The van der Waals surface area contributed by atoms with Crippen molar-refractivity contribution in [2.24, 2.45) is 0 Å². The van der Waals surface area contributed by atoms with E-state index in [1.54, 1.807) is 14.2 Å². The van der Waals surface area contributed by atoms with Gasteiger partial charge in [0, 0.05) is 16.7 Å². The smallest absolute Gasteiger partial charge is 0.161 e. The van der Waals surface area contributed by atoms with Crippen LogP contribution in [0.4, 0.5) is 0 Å². The lowest BCUT2D eigenvalue weighted by Crippen LogP contribution is -1.92. The van der Waals surface area contributed by atoms with Crippen molar-refractivity contribution >= 4 is 11.6 Å². The van der Waals surface area contributed by atoms with E-state index >= 15 is 0 Å². The highest BCUT2D eigenvalue weighted by atomic mass is 16.5. The molecule has 0 atom stereocenters. The van der Waals surface area contributed by atoms with E-state index in [4.69, 9.17) is 14.2 Å². The minimum Gasteiger partial charge on any atom is -0.493 e. The van der Waals surface area contributed by atoms with Crippen molar-refractivity contribution < 1.29 is 14.2 Å². The van der Waals surface area contributed by atoms with Gasteiger partial charge in [-0.3, -0.25) is 0 Å². The number of benzene rings is 2. The first-order chi connectivity index (χ1) is 10.3. The molecule has 0 fully saturated rings. The summed E-state index contributed by atoms with van der Waals surface area (Å²) in [5.74, 6) is 3.33. The Kier molecular flexibility index (Phi) is 2.54. The largest absolute Gasteiger partial charge is 0.493 e. The Bertz CT molecular complexity index is 800. The molecular weight excluding hydrogens is 264 g/mol. The Labute approximate surface area is 123 Å². The summed E-state index contributed by atoms with van der Waals surface area (Å²) in [5.41, 5.74) is 4.52. The van der Waals surface area contributed by atoms with Gasteiger partial charge in [-0.2, -0.15) is 0 Å². The number of hydrogen-bond acceptors (Lipinski definition) is 3. The van der Waals surface area contributed by atoms with Crippen LogP contribution < -0.4 is 14.2 Å². The molecule has 2 aromatic rings. The zero-order chi connectivity index (χ0) is 14.4. The first-order valence-corrected chi connectivity index (χ1v) is 6.78. The quantitative estimate of drug-likeness (QED) is 0.852. The van der Waals surface area contributed by atoms with Crippen LogP contribution in [0, 0.1) is 0 Å². The maximum Gasteiger partial charge on any atom is 0.161 e. The molecule has 0 N–H and O–H groups in total. The van der Waals surface area contributed by atoms with Gasteiger partial charge in [0.2, 0.25) is 0 Å². The van der Waals surface area contributed by atoms with Gasteiger partial charge in [-0.15, -0.1) is 0 Å². The molecule has 0 saturated heterocycles. The highest BCUT2D eigenvalue weighted by molar-refractivity contribution is 6.07. The van der Waals surface area contributed by atoms with Crippen molar-refractivity contribution in [2.75, 3.05) is 14.2 Å². The van der Waals surface area contributed by atoms with Crippen LogP contribution in [0.3, 0.4) is 0 Å². The SMILES string of the molecule is COc1ccc(C2=C3Oc4ccccc4C=C32)cc1OC. The van der Waals surface area contributed by atoms with Crippen molar-refractivity contribution in [1.82, 2.24) is 0 Å². The minimum atomic E-state index is 0.727. The fraction of sp³-hybridized carbons (Fsp3) is 0.111. The van der Waals surface area contributed by atoms with Crippen LogP contribution in [-0.2, 0) is 0 Å². The summed E-state index contributed by atoms with van der Waals surface area (Å²) in [6, 6.07) is 14.0. The molecule has 0 unspecified atom stereocenters. The van der Waals surface area contributed by atoms with Crippen LogP contribution in [0.15, 0.2) is 53.8 Å². The molecule has 2 aromatic carbocycles. The second-order valence-electron chi connectivity index (χ2n) is 4.97. The third kappa shape index (κ3) is 1.82. The predicted octanol–water partition coefficient (Wildman–Crippen LogP) is 3.90. The van der Waals surface area contributed by atoms with Crippen LogP contribution in [0.5, 0.6) is 17.2 Å². The van der Waals surface area contributed by atoms with E-state index < -0.39 is 0 Å². The highest BCUT2D eigenvalue weighted by Crippen LogP contribution is 2.52. The Morgan fingerprint density at radius 3 is 2.52 bits per heavy atom. The van der Waals surface area contributed by atoms with Crippen molar-refractivity contribution in [2.45, 2.75) is 0 Å². The van der Waals surface area contributed by atoms with E-state index in [1.165, 1.54) is 5.57 Å². The standard InChI is InChI=1S/C18H14O3/c1-19-15-8-7-12(10-16(15)20-2)17-13-9-11-5-3-4-6-14(11)21-18(13)17/h3-10H,1-2H3. The number of methoxy groups -OCH3 is 2. The Hall–Kier alpha value is -2.68. The Balaban J connectivity index is 1.73. The van der Waals surface area contributed by atoms with Gasteiger partial charge in [0.15, 0.2) is 11.5 Å². The van der Waals surface area contributed by atoms with Crippen molar-refractivity contribution in [1.29, 1.82) is 0 Å². The Morgan fingerprint density at radius 2 is 1.71 bits per heavy atom. The second kappa shape index (κ2) is 4.42. The summed E-state index contributed by atoms with van der Waals surface area (Å²) in [6.07, 6.45) is 2.17. The molecule has 21 heavy (non-hydrogen) atoms. The number of hydrogen-bond donors (Lipinski definition) is 0. The molecule has 2 aliphatic rings.